The van der Waals surface area contributed by atoms with Crippen molar-refractivity contribution in [1.29, 1.82) is 0 Å². The molecule has 1 aliphatic carbocycles. The lowest BCUT2D eigenvalue weighted by Gasteiger charge is -2.40. The number of aromatic nitrogens is 3. The molecule has 1 saturated carbocycles. The summed E-state index contributed by atoms with van der Waals surface area (Å²) in [6, 6.07) is 4.20. The van der Waals surface area contributed by atoms with E-state index >= 15 is 0 Å². The van der Waals surface area contributed by atoms with Crippen molar-refractivity contribution in [2.24, 2.45) is 5.92 Å². The fraction of sp³-hybridized carbons (Fsp3) is 0.750. The molecule has 0 radical (unpaired) electrons. The van der Waals surface area contributed by atoms with Gasteiger partial charge >= 0.3 is 0 Å². The molecule has 7 heteroatoms. The third-order valence-corrected chi connectivity index (χ3v) is 10.1. The topological polar surface area (TPSA) is 63.1 Å². The van der Waals surface area contributed by atoms with Crippen LogP contribution < -0.4 is 5.32 Å². The fourth-order valence-electron chi connectivity index (χ4n) is 6.87. The molecule has 2 aliphatic heterocycles. The van der Waals surface area contributed by atoms with E-state index in [1.807, 2.05) is 11.3 Å². The standard InChI is InChI=1S/C28H43N5OS/c1-17(2)27-31-30-20(5)33(27)24-15-22-10-11-23(16-24)32(22)13-12-25(26-14-18(3)19(4)35-26)29-28(34)21-8-6-7-9-21/h14,17,21-25H,6-13,15-16H2,1-5H3,(H,29,34)/t22-,23+,24?,25-/m0/s1. The number of amides is 1. The van der Waals surface area contributed by atoms with E-state index in [1.54, 1.807) is 0 Å². The minimum absolute atomic E-state index is 0.130. The predicted octanol–water partition coefficient (Wildman–Crippen LogP) is 5.99. The lowest BCUT2D eigenvalue weighted by Crippen LogP contribution is -2.45. The van der Waals surface area contributed by atoms with Gasteiger partial charge in [-0.3, -0.25) is 9.69 Å². The van der Waals surface area contributed by atoms with E-state index in [4.69, 9.17) is 0 Å². The van der Waals surface area contributed by atoms with Crippen molar-refractivity contribution < 1.29 is 4.79 Å². The van der Waals surface area contributed by atoms with Crippen LogP contribution in [-0.2, 0) is 4.79 Å². The first kappa shape index (κ1) is 24.9. The van der Waals surface area contributed by atoms with E-state index < -0.39 is 0 Å². The van der Waals surface area contributed by atoms with Crippen LogP contribution in [-0.4, -0.2) is 44.2 Å². The van der Waals surface area contributed by atoms with E-state index in [0.29, 0.717) is 24.0 Å². The highest BCUT2D eigenvalue weighted by Gasteiger charge is 2.42. The van der Waals surface area contributed by atoms with Crippen molar-refractivity contribution in [3.8, 4) is 0 Å². The fourth-order valence-corrected chi connectivity index (χ4v) is 8.00. The maximum absolute atomic E-state index is 13.1. The van der Waals surface area contributed by atoms with Crippen LogP contribution >= 0.6 is 11.3 Å². The Bertz CT molecular complexity index is 1000. The monoisotopic (exact) mass is 497 g/mol. The van der Waals surface area contributed by atoms with Crippen LogP contribution in [0.15, 0.2) is 6.07 Å². The largest absolute Gasteiger partial charge is 0.348 e. The third kappa shape index (κ3) is 5.08. The molecule has 6 nitrogen and oxygen atoms in total. The van der Waals surface area contributed by atoms with Gasteiger partial charge in [-0.25, -0.2) is 0 Å². The van der Waals surface area contributed by atoms with Crippen LogP contribution in [0.2, 0.25) is 0 Å². The molecule has 1 unspecified atom stereocenters. The first-order chi connectivity index (χ1) is 16.8. The van der Waals surface area contributed by atoms with E-state index in [9.17, 15) is 4.79 Å². The van der Waals surface area contributed by atoms with Crippen LogP contribution in [0.5, 0.6) is 0 Å². The average Bonchev–Trinajstić information content (AvgIpc) is 3.59. The summed E-state index contributed by atoms with van der Waals surface area (Å²) < 4.78 is 2.44. The Morgan fingerprint density at radius 2 is 1.74 bits per heavy atom. The van der Waals surface area contributed by atoms with E-state index in [2.05, 4.69) is 65.7 Å². The smallest absolute Gasteiger partial charge is 0.223 e. The zero-order chi connectivity index (χ0) is 24.7. The van der Waals surface area contributed by atoms with Gasteiger partial charge in [0.05, 0.1) is 6.04 Å². The maximum atomic E-state index is 13.1. The molecule has 2 bridgehead atoms. The van der Waals surface area contributed by atoms with Crippen LogP contribution in [0, 0.1) is 26.7 Å². The summed E-state index contributed by atoms with van der Waals surface area (Å²) in [5.41, 5.74) is 1.34. The van der Waals surface area contributed by atoms with Crippen LogP contribution in [0.25, 0.3) is 0 Å². The van der Waals surface area contributed by atoms with Gasteiger partial charge in [0.2, 0.25) is 5.91 Å². The number of carbonyl (C=O) groups is 1. The summed E-state index contributed by atoms with van der Waals surface area (Å²) in [5, 5.41) is 12.4. The van der Waals surface area contributed by atoms with Gasteiger partial charge in [0.25, 0.3) is 0 Å². The Morgan fingerprint density at radius 1 is 1.06 bits per heavy atom. The molecule has 1 N–H and O–H groups in total. The van der Waals surface area contributed by atoms with E-state index in [0.717, 1.165) is 37.5 Å². The number of aryl methyl sites for hydroxylation is 3. The number of carbonyl (C=O) groups excluding carboxylic acids is 1. The van der Waals surface area contributed by atoms with Crippen LogP contribution in [0.4, 0.5) is 0 Å². The van der Waals surface area contributed by atoms with Gasteiger partial charge in [-0.05, 0) is 77.3 Å². The first-order valence-corrected chi connectivity index (χ1v) is 14.7. The van der Waals surface area contributed by atoms with Crippen molar-refractivity contribution in [3.63, 3.8) is 0 Å². The van der Waals surface area contributed by atoms with Gasteiger partial charge < -0.3 is 9.88 Å². The summed E-state index contributed by atoms with van der Waals surface area (Å²) in [7, 11) is 0. The highest BCUT2D eigenvalue weighted by molar-refractivity contribution is 7.12. The number of hydrogen-bond donors (Lipinski definition) is 1. The number of nitrogens with zero attached hydrogens (tertiary/aromatic N) is 4. The predicted molar refractivity (Wildman–Crippen MR) is 142 cm³/mol. The van der Waals surface area contributed by atoms with E-state index in [-0.39, 0.29) is 17.9 Å². The Morgan fingerprint density at radius 3 is 2.34 bits per heavy atom. The van der Waals surface area contributed by atoms with Crippen LogP contribution in [0.1, 0.15) is 117 Å². The SMILES string of the molecule is Cc1cc([C@H](CCN2[C@@H]3CC[C@H]2CC(n2c(C)nnc2C(C)C)C3)NC(=O)C2CCCC2)sc1C. The normalized spacial score (nSPS) is 26.1. The number of hydrogen-bond acceptors (Lipinski definition) is 5. The highest BCUT2D eigenvalue weighted by Crippen LogP contribution is 2.42. The quantitative estimate of drug-likeness (QED) is 0.486. The van der Waals surface area contributed by atoms with Gasteiger partial charge in [0, 0.05) is 46.3 Å². The molecular weight excluding hydrogens is 454 g/mol. The molecule has 3 aliphatic rings. The Labute approximate surface area is 214 Å². The zero-order valence-electron chi connectivity index (χ0n) is 22.2. The number of rotatable bonds is 8. The van der Waals surface area contributed by atoms with Gasteiger partial charge in [-0.15, -0.1) is 21.5 Å². The second kappa shape index (κ2) is 10.3. The Balaban J connectivity index is 1.27. The molecule has 1 amide bonds. The summed E-state index contributed by atoms with van der Waals surface area (Å²) in [6.45, 7) is 12.0. The Kier molecular flexibility index (Phi) is 7.36. The molecule has 192 valence electrons. The van der Waals surface area contributed by atoms with Gasteiger partial charge in [-0.2, -0.15) is 0 Å². The molecule has 5 rings (SSSR count). The number of fused-ring (bicyclic) bond motifs is 2. The van der Waals surface area contributed by atoms with Crippen molar-refractivity contribution in [2.75, 3.05) is 6.54 Å². The molecule has 0 spiro atoms. The first-order valence-electron chi connectivity index (χ1n) is 13.9. The van der Waals surface area contributed by atoms with Gasteiger partial charge in [0.1, 0.15) is 11.6 Å². The highest BCUT2D eigenvalue weighted by atomic mass is 32.1. The second-order valence-corrected chi connectivity index (χ2v) is 12.9. The molecule has 0 aromatic carbocycles. The number of nitrogens with one attached hydrogen (secondary N) is 1. The minimum atomic E-state index is 0.130. The minimum Gasteiger partial charge on any atom is -0.348 e. The van der Waals surface area contributed by atoms with E-state index in [1.165, 1.54) is 53.8 Å². The average molecular weight is 498 g/mol. The molecule has 35 heavy (non-hydrogen) atoms. The summed E-state index contributed by atoms with van der Waals surface area (Å²) >= 11 is 1.86. The molecule has 3 fully saturated rings. The van der Waals surface area contributed by atoms with Gasteiger partial charge in [0.15, 0.2) is 0 Å². The molecule has 2 saturated heterocycles. The lowest BCUT2D eigenvalue weighted by atomic mass is 9.95. The van der Waals surface area contributed by atoms with Crippen molar-refractivity contribution in [2.45, 2.75) is 122 Å². The van der Waals surface area contributed by atoms with Gasteiger partial charge in [-0.1, -0.05) is 26.7 Å². The molecule has 4 heterocycles. The van der Waals surface area contributed by atoms with Crippen LogP contribution in [0.3, 0.4) is 0 Å². The van der Waals surface area contributed by atoms with Crippen molar-refractivity contribution in [1.82, 2.24) is 25.0 Å². The molecular formula is C28H43N5OS. The van der Waals surface area contributed by atoms with Crippen molar-refractivity contribution >= 4 is 17.2 Å². The summed E-state index contributed by atoms with van der Waals surface area (Å²) in [6.07, 6.45) is 10.4. The molecule has 4 atom stereocenters. The summed E-state index contributed by atoms with van der Waals surface area (Å²) in [5.74, 6) is 3.09. The molecule has 2 aromatic heterocycles. The van der Waals surface area contributed by atoms with Crippen molar-refractivity contribution in [3.05, 3.63) is 33.0 Å². The maximum Gasteiger partial charge on any atom is 0.223 e. The second-order valence-electron chi connectivity index (χ2n) is 11.6. The third-order valence-electron chi connectivity index (χ3n) is 8.88. The zero-order valence-corrected chi connectivity index (χ0v) is 23.0. The summed E-state index contributed by atoms with van der Waals surface area (Å²) in [4.78, 5) is 18.5. The number of piperidine rings is 1. The Hall–Kier alpha value is -1.73. The lowest BCUT2D eigenvalue weighted by molar-refractivity contribution is -0.125. The number of thiophene rings is 1. The molecule has 2 aromatic rings.